The molecule has 0 N–H and O–H groups in total. The Bertz CT molecular complexity index is 344. The molecule has 1 nitrogen and oxygen atoms in total. The van der Waals surface area contributed by atoms with E-state index in [1.807, 2.05) is 5.41 Å². The van der Waals surface area contributed by atoms with Gasteiger partial charge in [-0.1, -0.05) is 29.5 Å². The van der Waals surface area contributed by atoms with E-state index in [0.29, 0.717) is 0 Å². The number of rotatable bonds is 3. The van der Waals surface area contributed by atoms with Gasteiger partial charge in [0.05, 0.1) is 0 Å². The van der Waals surface area contributed by atoms with Crippen LogP contribution in [0.2, 0.25) is 0 Å². The van der Waals surface area contributed by atoms with Crippen LogP contribution in [-0.4, -0.2) is 6.29 Å². The summed E-state index contributed by atoms with van der Waals surface area (Å²) in [5, 5.41) is 1.82. The van der Waals surface area contributed by atoms with E-state index in [1.165, 1.54) is 27.7 Å². The molecule has 1 aromatic rings. The molecule has 0 radical (unpaired) electrons. The molecule has 1 aromatic carbocycles. The molecule has 0 atom stereocenters. The lowest BCUT2D eigenvalue weighted by atomic mass is 10.1. The Morgan fingerprint density at radius 2 is 1.71 bits per heavy atom. The van der Waals surface area contributed by atoms with Crippen molar-refractivity contribution in [1.82, 2.24) is 0 Å². The van der Waals surface area contributed by atoms with Gasteiger partial charge < -0.3 is 0 Å². The van der Waals surface area contributed by atoms with Crippen molar-refractivity contribution in [3.63, 3.8) is 0 Å². The minimum atomic E-state index is 0.797. The lowest BCUT2D eigenvalue weighted by molar-refractivity contribution is -0.104. The Kier molecular flexibility index (Phi) is 3.96. The summed E-state index contributed by atoms with van der Waals surface area (Å²) in [6.07, 6.45) is 2.31. The quantitative estimate of drug-likeness (QED) is 0.428. The van der Waals surface area contributed by atoms with Gasteiger partial charge in [0, 0.05) is 4.90 Å². The topological polar surface area (TPSA) is 17.1 Å². The highest BCUT2D eigenvalue weighted by Gasteiger charge is 2.01. The second-order valence-corrected chi connectivity index (χ2v) is 4.23. The number of hydrogen-bond acceptors (Lipinski definition) is 2. The lowest BCUT2D eigenvalue weighted by Crippen LogP contribution is -1.86. The summed E-state index contributed by atoms with van der Waals surface area (Å²) in [6, 6.07) is 4.31. The predicted molar refractivity (Wildman–Crippen MR) is 61.7 cm³/mol. The minimum absolute atomic E-state index is 0.797. The molecule has 74 valence electrons. The summed E-state index contributed by atoms with van der Waals surface area (Å²) >= 11 is 1.60. The Labute approximate surface area is 89.2 Å². The van der Waals surface area contributed by atoms with E-state index in [2.05, 4.69) is 32.9 Å². The molecule has 0 aromatic heterocycles. The summed E-state index contributed by atoms with van der Waals surface area (Å²) in [7, 11) is 0. The van der Waals surface area contributed by atoms with Crippen LogP contribution in [0.15, 0.2) is 28.5 Å². The largest absolute Gasteiger partial charge is 0.299 e. The molecule has 1 rings (SSSR count). The number of hydrogen-bond donors (Lipinski definition) is 0. The average molecular weight is 206 g/mol. The number of thioether (sulfide) groups is 1. The molecule has 0 saturated carbocycles. The van der Waals surface area contributed by atoms with E-state index in [-0.39, 0.29) is 0 Å². The summed E-state index contributed by atoms with van der Waals surface area (Å²) in [4.78, 5) is 11.4. The van der Waals surface area contributed by atoms with Gasteiger partial charge in [-0.3, -0.25) is 4.79 Å². The maximum Gasteiger partial charge on any atom is 0.143 e. The molecule has 0 saturated heterocycles. The predicted octanol–water partition coefficient (Wildman–Crippen LogP) is 3.42. The summed E-state index contributed by atoms with van der Waals surface area (Å²) in [6.45, 7) is 6.28. The van der Waals surface area contributed by atoms with E-state index in [9.17, 15) is 4.79 Å². The van der Waals surface area contributed by atoms with Crippen molar-refractivity contribution in [2.45, 2.75) is 25.7 Å². The van der Waals surface area contributed by atoms with Crippen LogP contribution in [0, 0.1) is 20.8 Å². The Morgan fingerprint density at radius 1 is 1.14 bits per heavy atom. The molecule has 0 aliphatic rings. The van der Waals surface area contributed by atoms with Gasteiger partial charge >= 0.3 is 0 Å². The number of benzene rings is 1. The van der Waals surface area contributed by atoms with E-state index < -0.39 is 0 Å². The number of carbonyl (C=O) groups excluding carboxylic acids is 1. The highest BCUT2D eigenvalue weighted by molar-refractivity contribution is 8.02. The first-order chi connectivity index (χ1) is 6.65. The van der Waals surface area contributed by atoms with Crippen molar-refractivity contribution in [1.29, 1.82) is 0 Å². The first-order valence-corrected chi connectivity index (χ1v) is 5.38. The zero-order valence-corrected chi connectivity index (χ0v) is 9.52. The van der Waals surface area contributed by atoms with Crippen LogP contribution < -0.4 is 0 Å². The highest BCUT2D eigenvalue weighted by atomic mass is 32.2. The maximum absolute atomic E-state index is 10.1. The maximum atomic E-state index is 10.1. The zero-order valence-electron chi connectivity index (χ0n) is 8.70. The van der Waals surface area contributed by atoms with Crippen molar-refractivity contribution in [3.8, 4) is 0 Å². The molecule has 14 heavy (non-hydrogen) atoms. The molecule has 2 heteroatoms. The molecule has 0 aliphatic carbocycles. The Hall–Kier alpha value is -1.02. The molecule has 0 aliphatic heterocycles. The summed E-state index contributed by atoms with van der Waals surface area (Å²) < 4.78 is 0. The van der Waals surface area contributed by atoms with Gasteiger partial charge in [0.1, 0.15) is 6.29 Å². The van der Waals surface area contributed by atoms with E-state index in [0.717, 1.165) is 6.29 Å². The van der Waals surface area contributed by atoms with Gasteiger partial charge in [-0.15, -0.1) is 0 Å². The summed E-state index contributed by atoms with van der Waals surface area (Å²) in [5.74, 6) is 0. The zero-order chi connectivity index (χ0) is 10.6. The molecule has 0 heterocycles. The molecular weight excluding hydrogens is 192 g/mol. The van der Waals surface area contributed by atoms with Crippen molar-refractivity contribution in [2.75, 3.05) is 0 Å². The third kappa shape index (κ3) is 2.74. The van der Waals surface area contributed by atoms with Crippen LogP contribution in [0.25, 0.3) is 0 Å². The van der Waals surface area contributed by atoms with Crippen LogP contribution in [-0.2, 0) is 4.79 Å². The van der Waals surface area contributed by atoms with Gasteiger partial charge in [0.2, 0.25) is 0 Å². The fourth-order valence-electron chi connectivity index (χ4n) is 1.49. The summed E-state index contributed by atoms with van der Waals surface area (Å²) in [5.41, 5.74) is 3.81. The molecule has 0 spiro atoms. The fourth-order valence-corrected chi connectivity index (χ4v) is 2.26. The van der Waals surface area contributed by atoms with E-state index >= 15 is 0 Å². The highest BCUT2D eigenvalue weighted by Crippen LogP contribution is 2.27. The average Bonchev–Trinajstić information content (AvgIpc) is 2.09. The number of aryl methyl sites for hydroxylation is 3. The smallest absolute Gasteiger partial charge is 0.143 e. The monoisotopic (exact) mass is 206 g/mol. The fraction of sp³-hybridized carbons (Fsp3) is 0.250. The number of allylic oxidation sites excluding steroid dienone is 1. The molecule has 0 fully saturated rings. The Morgan fingerprint density at radius 3 is 2.21 bits per heavy atom. The first kappa shape index (κ1) is 11.1. The van der Waals surface area contributed by atoms with Crippen molar-refractivity contribution in [2.24, 2.45) is 0 Å². The molecule has 0 bridgehead atoms. The van der Waals surface area contributed by atoms with Crippen LogP contribution in [0.3, 0.4) is 0 Å². The van der Waals surface area contributed by atoms with E-state index in [1.54, 1.807) is 11.8 Å². The van der Waals surface area contributed by atoms with Crippen LogP contribution in [0.1, 0.15) is 16.7 Å². The van der Waals surface area contributed by atoms with Crippen LogP contribution >= 0.6 is 11.8 Å². The SMILES string of the molecule is Cc1cc(C)c(S/C=C/C=O)c(C)c1. The van der Waals surface area contributed by atoms with Crippen LogP contribution in [0.5, 0.6) is 0 Å². The first-order valence-electron chi connectivity index (χ1n) is 4.50. The Balaban J connectivity index is 2.96. The second-order valence-electron chi connectivity index (χ2n) is 3.31. The molecule has 0 unspecified atom stereocenters. The second kappa shape index (κ2) is 5.01. The van der Waals surface area contributed by atoms with Crippen molar-refractivity contribution < 1.29 is 4.79 Å². The minimum Gasteiger partial charge on any atom is -0.299 e. The van der Waals surface area contributed by atoms with Gasteiger partial charge in [-0.05, 0) is 43.4 Å². The van der Waals surface area contributed by atoms with Gasteiger partial charge in [0.25, 0.3) is 0 Å². The molecule has 0 amide bonds. The third-order valence-electron chi connectivity index (χ3n) is 1.95. The number of aldehydes is 1. The lowest BCUT2D eigenvalue weighted by Gasteiger charge is -2.07. The third-order valence-corrected chi connectivity index (χ3v) is 3.12. The molecular formula is C12H14OS. The standard InChI is InChI=1S/C12H14OS/c1-9-7-10(2)12(11(3)8-9)14-6-4-5-13/h4-8H,1-3H3/b6-4+. The number of carbonyl (C=O) groups is 1. The van der Waals surface area contributed by atoms with Crippen LogP contribution in [0.4, 0.5) is 0 Å². The van der Waals surface area contributed by atoms with Gasteiger partial charge in [0.15, 0.2) is 0 Å². The normalized spacial score (nSPS) is 10.8. The van der Waals surface area contributed by atoms with Gasteiger partial charge in [-0.2, -0.15) is 0 Å². The van der Waals surface area contributed by atoms with Crippen molar-refractivity contribution >= 4 is 18.0 Å². The van der Waals surface area contributed by atoms with Gasteiger partial charge in [-0.25, -0.2) is 0 Å². The van der Waals surface area contributed by atoms with Crippen molar-refractivity contribution in [3.05, 3.63) is 40.3 Å². The van der Waals surface area contributed by atoms with E-state index in [4.69, 9.17) is 0 Å².